The van der Waals surface area contributed by atoms with Gasteiger partial charge in [-0.2, -0.15) is 5.26 Å². The second-order valence-electron chi connectivity index (χ2n) is 3.26. The molecule has 0 saturated carbocycles. The lowest BCUT2D eigenvalue weighted by Crippen LogP contribution is -1.92. The Balaban J connectivity index is 2.36. The molecule has 1 aromatic carbocycles. The first-order chi connectivity index (χ1) is 8.69. The molecular formula is C11H6N4O3. The summed E-state index contributed by atoms with van der Waals surface area (Å²) in [4.78, 5) is 17.6. The maximum Gasteiger partial charge on any atom is 0.274 e. The monoisotopic (exact) mass is 242 g/mol. The summed E-state index contributed by atoms with van der Waals surface area (Å²) in [6.45, 7) is 0. The van der Waals surface area contributed by atoms with Crippen molar-refractivity contribution in [2.75, 3.05) is 0 Å². The Kier molecular flexibility index (Phi) is 3.11. The highest BCUT2D eigenvalue weighted by Crippen LogP contribution is 2.26. The van der Waals surface area contributed by atoms with Gasteiger partial charge >= 0.3 is 0 Å². The van der Waals surface area contributed by atoms with Crippen molar-refractivity contribution in [3.8, 4) is 17.6 Å². The predicted molar refractivity (Wildman–Crippen MR) is 59.9 cm³/mol. The van der Waals surface area contributed by atoms with Crippen LogP contribution < -0.4 is 4.74 Å². The van der Waals surface area contributed by atoms with Crippen LogP contribution in [0.2, 0.25) is 0 Å². The average Bonchev–Trinajstić information content (AvgIpc) is 2.39. The molecule has 0 unspecified atom stereocenters. The number of nitrogens with zero attached hydrogens (tertiary/aromatic N) is 4. The Morgan fingerprint density at radius 3 is 2.56 bits per heavy atom. The minimum Gasteiger partial charge on any atom is -0.454 e. The van der Waals surface area contributed by atoms with Crippen LogP contribution in [-0.4, -0.2) is 14.9 Å². The Morgan fingerprint density at radius 2 is 1.94 bits per heavy atom. The summed E-state index contributed by atoms with van der Waals surface area (Å²) in [5.41, 5.74) is -0.0584. The summed E-state index contributed by atoms with van der Waals surface area (Å²) in [7, 11) is 0. The molecule has 0 saturated heterocycles. The average molecular weight is 242 g/mol. The summed E-state index contributed by atoms with van der Waals surface area (Å²) in [6, 6.07) is 5.64. The van der Waals surface area contributed by atoms with Crippen molar-refractivity contribution in [1.29, 1.82) is 5.26 Å². The molecule has 88 valence electrons. The molecule has 0 N–H and O–H groups in total. The number of hydrogen-bond donors (Lipinski definition) is 0. The zero-order chi connectivity index (χ0) is 13.0. The van der Waals surface area contributed by atoms with Gasteiger partial charge in [0.25, 0.3) is 5.69 Å². The Morgan fingerprint density at radius 1 is 1.22 bits per heavy atom. The molecular weight excluding hydrogens is 236 g/mol. The number of non-ortho nitro benzene ring substituents is 1. The molecule has 0 fully saturated rings. The molecule has 0 amide bonds. The maximum absolute atomic E-state index is 10.7. The fourth-order valence-corrected chi connectivity index (χ4v) is 1.29. The molecule has 0 aliphatic carbocycles. The van der Waals surface area contributed by atoms with Crippen LogP contribution in [0.25, 0.3) is 0 Å². The topological polar surface area (TPSA) is 102 Å². The molecule has 0 spiro atoms. The standard InChI is InChI=1S/C11H6N4O3/c12-4-8-1-9(15(16)17)3-10(2-8)18-11-5-13-7-14-6-11/h1-3,5-7H. The van der Waals surface area contributed by atoms with E-state index in [4.69, 9.17) is 10.00 Å². The van der Waals surface area contributed by atoms with Gasteiger partial charge in [0, 0.05) is 6.07 Å². The predicted octanol–water partition coefficient (Wildman–Crippen LogP) is 2.05. The minimum absolute atomic E-state index is 0.149. The molecule has 0 atom stereocenters. The van der Waals surface area contributed by atoms with Crippen LogP contribution in [0.1, 0.15) is 5.56 Å². The first kappa shape index (κ1) is 11.5. The number of rotatable bonds is 3. The van der Waals surface area contributed by atoms with Crippen LogP contribution in [0.15, 0.2) is 36.9 Å². The summed E-state index contributed by atoms with van der Waals surface area (Å²) in [5, 5.41) is 19.5. The number of nitriles is 1. The highest BCUT2D eigenvalue weighted by molar-refractivity contribution is 5.48. The van der Waals surface area contributed by atoms with Gasteiger partial charge < -0.3 is 4.74 Å². The fourth-order valence-electron chi connectivity index (χ4n) is 1.29. The van der Waals surface area contributed by atoms with E-state index < -0.39 is 4.92 Å². The quantitative estimate of drug-likeness (QED) is 0.602. The zero-order valence-electron chi connectivity index (χ0n) is 8.98. The number of benzene rings is 1. The SMILES string of the molecule is N#Cc1cc(Oc2cncnc2)cc([N+](=O)[O-])c1. The van der Waals surface area contributed by atoms with Gasteiger partial charge in [0.1, 0.15) is 12.1 Å². The molecule has 2 aromatic rings. The van der Waals surface area contributed by atoms with Crippen molar-refractivity contribution in [3.05, 3.63) is 52.6 Å². The van der Waals surface area contributed by atoms with E-state index in [2.05, 4.69) is 9.97 Å². The normalized spacial score (nSPS) is 9.50. The largest absolute Gasteiger partial charge is 0.454 e. The molecule has 1 aromatic heterocycles. The van der Waals surface area contributed by atoms with Gasteiger partial charge in [-0.25, -0.2) is 9.97 Å². The van der Waals surface area contributed by atoms with Crippen molar-refractivity contribution in [2.24, 2.45) is 0 Å². The van der Waals surface area contributed by atoms with Crippen molar-refractivity contribution < 1.29 is 9.66 Å². The molecule has 18 heavy (non-hydrogen) atoms. The van der Waals surface area contributed by atoms with E-state index >= 15 is 0 Å². The first-order valence-electron chi connectivity index (χ1n) is 4.81. The van der Waals surface area contributed by atoms with Crippen LogP contribution in [0.4, 0.5) is 5.69 Å². The summed E-state index contributed by atoms with van der Waals surface area (Å²) < 4.78 is 5.33. The lowest BCUT2D eigenvalue weighted by Gasteiger charge is -2.04. The van der Waals surface area contributed by atoms with Crippen molar-refractivity contribution in [2.45, 2.75) is 0 Å². The van der Waals surface area contributed by atoms with Crippen LogP contribution >= 0.6 is 0 Å². The molecule has 0 bridgehead atoms. The van der Waals surface area contributed by atoms with Crippen LogP contribution in [0.5, 0.6) is 11.5 Å². The van der Waals surface area contributed by atoms with E-state index in [1.54, 1.807) is 0 Å². The van der Waals surface area contributed by atoms with Crippen LogP contribution in [-0.2, 0) is 0 Å². The smallest absolute Gasteiger partial charge is 0.274 e. The van der Waals surface area contributed by atoms with E-state index in [9.17, 15) is 10.1 Å². The molecule has 0 aliphatic rings. The Bertz CT molecular complexity index is 622. The zero-order valence-corrected chi connectivity index (χ0v) is 8.98. The van der Waals surface area contributed by atoms with Crippen molar-refractivity contribution in [1.82, 2.24) is 9.97 Å². The van der Waals surface area contributed by atoms with Gasteiger partial charge in [-0.1, -0.05) is 0 Å². The Hall–Kier alpha value is -3.01. The second kappa shape index (κ2) is 4.88. The lowest BCUT2D eigenvalue weighted by atomic mass is 10.2. The Labute approximate surface area is 101 Å². The number of nitro benzene ring substituents is 1. The van der Waals surface area contributed by atoms with Gasteiger partial charge in [0.2, 0.25) is 0 Å². The molecule has 7 heteroatoms. The fraction of sp³-hybridized carbons (Fsp3) is 0. The number of nitro groups is 1. The summed E-state index contributed by atoms with van der Waals surface area (Å²) >= 11 is 0. The molecule has 2 rings (SSSR count). The molecule has 0 aliphatic heterocycles. The highest BCUT2D eigenvalue weighted by atomic mass is 16.6. The number of aromatic nitrogens is 2. The number of hydrogen-bond acceptors (Lipinski definition) is 6. The highest BCUT2D eigenvalue weighted by Gasteiger charge is 2.11. The second-order valence-corrected chi connectivity index (χ2v) is 3.26. The molecule has 7 nitrogen and oxygen atoms in total. The third-order valence-corrected chi connectivity index (χ3v) is 2.00. The number of ether oxygens (including phenoxy) is 1. The van der Waals surface area contributed by atoms with Crippen molar-refractivity contribution in [3.63, 3.8) is 0 Å². The van der Waals surface area contributed by atoms with E-state index in [1.165, 1.54) is 36.9 Å². The van der Waals surface area contributed by atoms with Crippen LogP contribution in [0.3, 0.4) is 0 Å². The van der Waals surface area contributed by atoms with Gasteiger partial charge in [0.05, 0.1) is 35.0 Å². The summed E-state index contributed by atoms with van der Waals surface area (Å²) in [6.07, 6.45) is 4.16. The van der Waals surface area contributed by atoms with Gasteiger partial charge in [0.15, 0.2) is 5.75 Å². The van der Waals surface area contributed by atoms with Gasteiger partial charge in [-0.05, 0) is 6.07 Å². The van der Waals surface area contributed by atoms with E-state index in [-0.39, 0.29) is 17.0 Å². The minimum atomic E-state index is -0.588. The van der Waals surface area contributed by atoms with E-state index in [0.717, 1.165) is 0 Å². The third-order valence-electron chi connectivity index (χ3n) is 2.00. The summed E-state index contributed by atoms with van der Waals surface area (Å²) in [5.74, 6) is 0.525. The lowest BCUT2D eigenvalue weighted by molar-refractivity contribution is -0.384. The van der Waals surface area contributed by atoms with Gasteiger partial charge in [-0.15, -0.1) is 0 Å². The molecule has 1 heterocycles. The first-order valence-corrected chi connectivity index (χ1v) is 4.81. The van der Waals surface area contributed by atoms with Crippen LogP contribution in [0, 0.1) is 21.4 Å². The van der Waals surface area contributed by atoms with E-state index in [1.807, 2.05) is 6.07 Å². The maximum atomic E-state index is 10.7. The van der Waals surface area contributed by atoms with Gasteiger partial charge in [-0.3, -0.25) is 10.1 Å². The van der Waals surface area contributed by atoms with Crippen molar-refractivity contribution >= 4 is 5.69 Å². The van der Waals surface area contributed by atoms with E-state index in [0.29, 0.717) is 5.75 Å². The third kappa shape index (κ3) is 2.56. The molecule has 0 radical (unpaired) electrons.